The molecular formula is C5H10O5. The van der Waals surface area contributed by atoms with E-state index >= 15 is 0 Å². The van der Waals surface area contributed by atoms with Gasteiger partial charge in [-0.25, -0.2) is 0 Å². The van der Waals surface area contributed by atoms with Crippen LogP contribution in [0.25, 0.3) is 0 Å². The van der Waals surface area contributed by atoms with Gasteiger partial charge in [0.2, 0.25) is 0 Å². The Labute approximate surface area is 57.5 Å². The minimum absolute atomic E-state index is 0.995. The summed E-state index contributed by atoms with van der Waals surface area (Å²) in [5, 5.41) is 33.6. The van der Waals surface area contributed by atoms with Crippen molar-refractivity contribution < 1.29 is 25.2 Å². The highest BCUT2D eigenvalue weighted by Gasteiger charge is 2.47. The topological polar surface area (TPSA) is 98.0 Å². The minimum atomic E-state index is -3.18. The molecule has 0 aromatic carbocycles. The second-order valence-electron chi connectivity index (χ2n) is 2.57. The monoisotopic (exact) mass is 150 g/mol. The highest BCUT2D eigenvalue weighted by molar-refractivity contribution is 5.74. The smallest absolute Gasteiger partial charge is 0.317 e. The number of carboxylic acid groups (broad SMARTS) is 1. The molecule has 0 radical (unpaired) electrons. The molecule has 0 rings (SSSR count). The van der Waals surface area contributed by atoms with Gasteiger partial charge in [-0.1, -0.05) is 0 Å². The normalized spacial score (nSPS) is 13.3. The van der Waals surface area contributed by atoms with E-state index in [4.69, 9.17) is 20.4 Å². The van der Waals surface area contributed by atoms with Crippen molar-refractivity contribution in [2.45, 2.75) is 19.8 Å². The van der Waals surface area contributed by atoms with Gasteiger partial charge in [0.05, 0.1) is 0 Å². The average molecular weight is 150 g/mol. The van der Waals surface area contributed by atoms with Gasteiger partial charge in [0.25, 0.3) is 5.97 Å². The summed E-state index contributed by atoms with van der Waals surface area (Å²) in [6.45, 7) is 1.99. The largest absolute Gasteiger partial charge is 0.481 e. The van der Waals surface area contributed by atoms with Crippen molar-refractivity contribution in [1.29, 1.82) is 0 Å². The van der Waals surface area contributed by atoms with Crippen molar-refractivity contribution in [3.8, 4) is 0 Å². The number of rotatable bonds is 2. The van der Waals surface area contributed by atoms with Gasteiger partial charge in [-0.3, -0.25) is 4.79 Å². The van der Waals surface area contributed by atoms with Crippen molar-refractivity contribution in [2.24, 2.45) is 5.41 Å². The zero-order valence-corrected chi connectivity index (χ0v) is 5.70. The first-order valence-corrected chi connectivity index (χ1v) is 2.60. The second kappa shape index (κ2) is 2.19. The third kappa shape index (κ3) is 1.44. The average Bonchev–Trinajstić information content (AvgIpc) is 1.62. The lowest BCUT2D eigenvalue weighted by molar-refractivity contribution is -0.360. The molecule has 0 amide bonds. The van der Waals surface area contributed by atoms with E-state index in [-0.39, 0.29) is 0 Å². The maximum absolute atomic E-state index is 10.2. The van der Waals surface area contributed by atoms with Crippen LogP contribution in [0.3, 0.4) is 0 Å². The fourth-order valence-corrected chi connectivity index (χ4v) is 0.143. The number of hydrogen-bond donors (Lipinski definition) is 4. The molecule has 0 aromatic heterocycles. The van der Waals surface area contributed by atoms with Gasteiger partial charge in [-0.2, -0.15) is 0 Å². The van der Waals surface area contributed by atoms with E-state index in [0.29, 0.717) is 0 Å². The number of carbonyl (C=O) groups is 1. The van der Waals surface area contributed by atoms with Gasteiger partial charge in [0.1, 0.15) is 5.41 Å². The summed E-state index contributed by atoms with van der Waals surface area (Å²) in [5.41, 5.74) is -1.98. The van der Waals surface area contributed by atoms with Gasteiger partial charge in [0.15, 0.2) is 0 Å². The summed E-state index contributed by atoms with van der Waals surface area (Å²) < 4.78 is 0. The van der Waals surface area contributed by atoms with Crippen LogP contribution in [-0.4, -0.2) is 32.4 Å². The predicted molar refractivity (Wildman–Crippen MR) is 30.8 cm³/mol. The molecule has 60 valence electrons. The lowest BCUT2D eigenvalue weighted by atomic mass is 9.91. The highest BCUT2D eigenvalue weighted by Crippen LogP contribution is 2.26. The Hall–Kier alpha value is -0.650. The summed E-state index contributed by atoms with van der Waals surface area (Å²) in [6.07, 6.45) is 0. The van der Waals surface area contributed by atoms with Crippen molar-refractivity contribution in [3.05, 3.63) is 0 Å². The van der Waals surface area contributed by atoms with Crippen LogP contribution >= 0.6 is 0 Å². The van der Waals surface area contributed by atoms with Crippen molar-refractivity contribution in [3.63, 3.8) is 0 Å². The lowest BCUT2D eigenvalue weighted by Crippen LogP contribution is -2.49. The molecule has 10 heavy (non-hydrogen) atoms. The summed E-state index contributed by atoms with van der Waals surface area (Å²) in [6, 6.07) is 0. The van der Waals surface area contributed by atoms with Crippen LogP contribution in [0.5, 0.6) is 0 Å². The summed E-state index contributed by atoms with van der Waals surface area (Å²) in [5.74, 6) is -4.67. The minimum Gasteiger partial charge on any atom is -0.481 e. The molecule has 0 saturated carbocycles. The van der Waals surface area contributed by atoms with Crippen molar-refractivity contribution >= 4 is 5.97 Å². The molecule has 0 bridgehead atoms. The van der Waals surface area contributed by atoms with E-state index in [1.165, 1.54) is 0 Å². The van der Waals surface area contributed by atoms with Crippen LogP contribution in [0.4, 0.5) is 0 Å². The molecule has 0 spiro atoms. The van der Waals surface area contributed by atoms with Crippen LogP contribution in [0.2, 0.25) is 0 Å². The van der Waals surface area contributed by atoms with Crippen LogP contribution in [0, 0.1) is 5.41 Å². The summed E-state index contributed by atoms with van der Waals surface area (Å²) in [7, 11) is 0. The van der Waals surface area contributed by atoms with Crippen LogP contribution in [0.15, 0.2) is 0 Å². The zero-order chi connectivity index (χ0) is 8.58. The number of hydrogen-bond acceptors (Lipinski definition) is 4. The number of carboxylic acids is 1. The van der Waals surface area contributed by atoms with E-state index in [2.05, 4.69) is 0 Å². The van der Waals surface area contributed by atoms with Crippen molar-refractivity contribution in [1.82, 2.24) is 0 Å². The van der Waals surface area contributed by atoms with Crippen LogP contribution < -0.4 is 0 Å². The zero-order valence-electron chi connectivity index (χ0n) is 5.70. The first kappa shape index (κ1) is 9.35. The lowest BCUT2D eigenvalue weighted by Gasteiger charge is -2.28. The first-order valence-electron chi connectivity index (χ1n) is 2.60. The maximum Gasteiger partial charge on any atom is 0.317 e. The molecule has 0 aliphatic heterocycles. The molecule has 0 fully saturated rings. The Morgan fingerprint density at radius 1 is 1.20 bits per heavy atom. The molecule has 0 unspecified atom stereocenters. The molecule has 0 aliphatic rings. The Bertz CT molecular complexity index is 143. The molecule has 0 heterocycles. The molecule has 4 N–H and O–H groups in total. The van der Waals surface area contributed by atoms with Gasteiger partial charge in [0, 0.05) is 0 Å². The molecular weight excluding hydrogens is 140 g/mol. The first-order chi connectivity index (χ1) is 4.19. The van der Waals surface area contributed by atoms with E-state index in [9.17, 15) is 4.79 Å². The van der Waals surface area contributed by atoms with Gasteiger partial charge in [-0.15, -0.1) is 0 Å². The standard InChI is InChI=1S/C5H10O5/c1-4(2,3(6)7)5(8,9)10/h8-10H,1-2H3,(H,6,7). The van der Waals surface area contributed by atoms with Crippen molar-refractivity contribution in [2.75, 3.05) is 0 Å². The number of aliphatic hydroxyl groups is 3. The fourth-order valence-electron chi connectivity index (χ4n) is 0.143. The third-order valence-corrected chi connectivity index (χ3v) is 1.37. The van der Waals surface area contributed by atoms with Gasteiger partial charge < -0.3 is 20.4 Å². The molecule has 0 atom stereocenters. The van der Waals surface area contributed by atoms with E-state index in [1.54, 1.807) is 0 Å². The van der Waals surface area contributed by atoms with Gasteiger partial charge >= 0.3 is 5.97 Å². The summed E-state index contributed by atoms with van der Waals surface area (Å²) in [4.78, 5) is 10.2. The Balaban J connectivity index is 4.57. The molecule has 0 aliphatic carbocycles. The highest BCUT2D eigenvalue weighted by atomic mass is 16.7. The molecule has 5 heteroatoms. The van der Waals surface area contributed by atoms with E-state index < -0.39 is 17.4 Å². The molecule has 5 nitrogen and oxygen atoms in total. The predicted octanol–water partition coefficient (Wildman–Crippen LogP) is -1.27. The third-order valence-electron chi connectivity index (χ3n) is 1.37. The second-order valence-corrected chi connectivity index (χ2v) is 2.57. The van der Waals surface area contributed by atoms with E-state index in [0.717, 1.165) is 13.8 Å². The molecule has 0 saturated heterocycles. The quantitative estimate of drug-likeness (QED) is 0.368. The van der Waals surface area contributed by atoms with Crippen LogP contribution in [0.1, 0.15) is 13.8 Å². The Kier molecular flexibility index (Phi) is 2.05. The maximum atomic E-state index is 10.2. The van der Waals surface area contributed by atoms with Gasteiger partial charge in [-0.05, 0) is 13.8 Å². The molecule has 0 aromatic rings. The SMILES string of the molecule is CC(C)(C(=O)O)C(O)(O)O. The van der Waals surface area contributed by atoms with Crippen LogP contribution in [-0.2, 0) is 4.79 Å². The Morgan fingerprint density at radius 3 is 1.50 bits per heavy atom. The number of aliphatic carboxylic acids is 1. The van der Waals surface area contributed by atoms with E-state index in [1.807, 2.05) is 0 Å². The summed E-state index contributed by atoms with van der Waals surface area (Å²) >= 11 is 0. The Morgan fingerprint density at radius 2 is 1.50 bits per heavy atom. The fraction of sp³-hybridized carbons (Fsp3) is 0.800.